The molecule has 0 aromatic heterocycles. The molecule has 0 fully saturated rings. The van der Waals surface area contributed by atoms with E-state index in [0.29, 0.717) is 19.1 Å². The first-order chi connectivity index (χ1) is 12.0. The van der Waals surface area contributed by atoms with Crippen molar-refractivity contribution in [3.8, 4) is 0 Å². The second kappa shape index (κ2) is 13.5. The zero-order valence-electron chi connectivity index (χ0n) is 18.5. The summed E-state index contributed by atoms with van der Waals surface area (Å²) in [5.41, 5.74) is 1.95. The maximum Gasteiger partial charge on any atom is 0.0895 e. The molecule has 0 aliphatic heterocycles. The van der Waals surface area contributed by atoms with Crippen LogP contribution in [0.4, 0.5) is 0 Å². The van der Waals surface area contributed by atoms with E-state index < -0.39 is 5.60 Å². The molecule has 0 saturated heterocycles. The third-order valence-corrected chi connectivity index (χ3v) is 5.36. The second-order valence-corrected chi connectivity index (χ2v) is 8.27. The lowest BCUT2D eigenvalue weighted by Crippen LogP contribution is -2.38. The highest BCUT2D eigenvalue weighted by Gasteiger charge is 2.32. The van der Waals surface area contributed by atoms with Crippen LogP contribution in [0.1, 0.15) is 68.7 Å². The van der Waals surface area contributed by atoms with Crippen LogP contribution in [0.15, 0.2) is 23.3 Å². The number of rotatable bonds is 9. The van der Waals surface area contributed by atoms with Crippen LogP contribution >= 0.6 is 0 Å². The third kappa shape index (κ3) is 9.89. The monoisotopic (exact) mass is 386 g/mol. The van der Waals surface area contributed by atoms with Crippen molar-refractivity contribution in [2.45, 2.75) is 80.4 Å². The molecule has 2 unspecified atom stereocenters. The number of hydrogen-bond acceptors (Lipinski definition) is 4. The predicted octanol–water partition coefficient (Wildman–Crippen LogP) is 5.41. The standard InChI is InChI=1S/C14H24O3.C8H18O.CH4/c1-5-6-17-14-12(9-15-3)7-11(2)8-13(14)10-16-4;1-6-7(2,3)8(4,5)9;/h7-8,12,14H,5-6,9-10H2,1-4H3;9H,6H2,1-5H3;1H4. The number of aliphatic hydroxyl groups is 1. The molecular weight excluding hydrogens is 340 g/mol. The highest BCUT2D eigenvalue weighted by molar-refractivity contribution is 5.32. The molecule has 1 aliphatic carbocycles. The molecule has 1 rings (SSSR count). The van der Waals surface area contributed by atoms with Gasteiger partial charge < -0.3 is 19.3 Å². The molecule has 0 bridgehead atoms. The molecule has 0 saturated carbocycles. The Morgan fingerprint density at radius 1 is 1.07 bits per heavy atom. The predicted molar refractivity (Wildman–Crippen MR) is 116 cm³/mol. The van der Waals surface area contributed by atoms with Crippen molar-refractivity contribution in [1.82, 2.24) is 0 Å². The molecule has 1 N–H and O–H groups in total. The number of ether oxygens (including phenoxy) is 3. The van der Waals surface area contributed by atoms with Gasteiger partial charge in [0.15, 0.2) is 0 Å². The van der Waals surface area contributed by atoms with Gasteiger partial charge in [0.25, 0.3) is 0 Å². The highest BCUT2D eigenvalue weighted by Crippen LogP contribution is 2.33. The zero-order valence-corrected chi connectivity index (χ0v) is 18.5. The molecule has 0 aromatic rings. The number of hydrogen-bond donors (Lipinski definition) is 1. The molecular formula is C23H46O4. The Morgan fingerprint density at radius 3 is 2.04 bits per heavy atom. The van der Waals surface area contributed by atoms with Gasteiger partial charge in [-0.25, -0.2) is 0 Å². The largest absolute Gasteiger partial charge is 0.390 e. The van der Waals surface area contributed by atoms with Crippen molar-refractivity contribution in [3.05, 3.63) is 23.3 Å². The molecule has 0 amide bonds. The fourth-order valence-corrected chi connectivity index (χ4v) is 2.65. The van der Waals surface area contributed by atoms with Gasteiger partial charge >= 0.3 is 0 Å². The van der Waals surface area contributed by atoms with Crippen LogP contribution in [0, 0.1) is 11.3 Å². The third-order valence-electron chi connectivity index (χ3n) is 5.36. The Hall–Kier alpha value is -0.680. The second-order valence-electron chi connectivity index (χ2n) is 8.27. The number of allylic oxidation sites excluding steroid dienone is 2. The molecule has 162 valence electrons. The van der Waals surface area contributed by atoms with Crippen LogP contribution in [0.5, 0.6) is 0 Å². The van der Waals surface area contributed by atoms with Crippen LogP contribution in [0.3, 0.4) is 0 Å². The van der Waals surface area contributed by atoms with Crippen LogP contribution in [0.2, 0.25) is 0 Å². The Morgan fingerprint density at radius 2 is 1.67 bits per heavy atom. The first kappa shape index (κ1) is 28.5. The van der Waals surface area contributed by atoms with Crippen LogP contribution < -0.4 is 0 Å². The number of methoxy groups -OCH3 is 2. The van der Waals surface area contributed by atoms with Gasteiger partial charge in [-0.1, -0.05) is 52.8 Å². The van der Waals surface area contributed by atoms with Gasteiger partial charge in [-0.3, -0.25) is 0 Å². The fraction of sp³-hybridized carbons (Fsp3) is 0.826. The summed E-state index contributed by atoms with van der Waals surface area (Å²) in [6.45, 7) is 16.3. The minimum absolute atomic E-state index is 0. The van der Waals surface area contributed by atoms with Crippen molar-refractivity contribution < 1.29 is 19.3 Å². The van der Waals surface area contributed by atoms with Crippen LogP contribution in [0.25, 0.3) is 0 Å². The van der Waals surface area contributed by atoms with Crippen molar-refractivity contribution in [2.75, 3.05) is 34.0 Å². The van der Waals surface area contributed by atoms with E-state index in [4.69, 9.17) is 14.2 Å². The average molecular weight is 387 g/mol. The van der Waals surface area contributed by atoms with Crippen LogP contribution in [-0.2, 0) is 14.2 Å². The van der Waals surface area contributed by atoms with E-state index in [-0.39, 0.29) is 18.9 Å². The topological polar surface area (TPSA) is 47.9 Å². The Labute approximate surface area is 169 Å². The lowest BCUT2D eigenvalue weighted by molar-refractivity contribution is -0.0366. The first-order valence-corrected chi connectivity index (χ1v) is 9.74. The van der Waals surface area contributed by atoms with Crippen LogP contribution in [-0.4, -0.2) is 50.9 Å². The molecule has 0 radical (unpaired) electrons. The Bertz CT molecular complexity index is 444. The van der Waals surface area contributed by atoms with Gasteiger partial charge in [0.1, 0.15) is 0 Å². The average Bonchev–Trinajstić information content (AvgIpc) is 2.54. The van der Waals surface area contributed by atoms with E-state index >= 15 is 0 Å². The normalized spacial score (nSPS) is 20.1. The van der Waals surface area contributed by atoms with E-state index in [0.717, 1.165) is 19.4 Å². The van der Waals surface area contributed by atoms with Gasteiger partial charge in [0.05, 0.1) is 24.9 Å². The van der Waals surface area contributed by atoms with E-state index in [1.807, 2.05) is 13.8 Å². The fourth-order valence-electron chi connectivity index (χ4n) is 2.65. The Kier molecular flexibility index (Phi) is 14.3. The SMILES string of the molecule is C.CCC(C)(C)C(C)(C)O.CCCOC1C(COC)=CC(C)=CC1COC. The summed E-state index contributed by atoms with van der Waals surface area (Å²) < 4.78 is 16.5. The lowest BCUT2D eigenvalue weighted by Gasteiger charge is -2.36. The van der Waals surface area contributed by atoms with E-state index in [9.17, 15) is 5.11 Å². The van der Waals surface area contributed by atoms with Crippen molar-refractivity contribution in [3.63, 3.8) is 0 Å². The van der Waals surface area contributed by atoms with E-state index in [1.54, 1.807) is 14.2 Å². The summed E-state index contributed by atoms with van der Waals surface area (Å²) in [6, 6.07) is 0. The van der Waals surface area contributed by atoms with Crippen molar-refractivity contribution in [1.29, 1.82) is 0 Å². The molecule has 0 spiro atoms. The molecule has 27 heavy (non-hydrogen) atoms. The summed E-state index contributed by atoms with van der Waals surface area (Å²) in [5.74, 6) is 0.293. The minimum Gasteiger partial charge on any atom is -0.390 e. The maximum atomic E-state index is 9.55. The molecule has 4 heteroatoms. The summed E-state index contributed by atoms with van der Waals surface area (Å²) in [7, 11) is 3.45. The van der Waals surface area contributed by atoms with E-state index in [2.05, 4.69) is 46.8 Å². The van der Waals surface area contributed by atoms with Gasteiger partial charge in [-0.05, 0) is 44.6 Å². The van der Waals surface area contributed by atoms with Crippen molar-refractivity contribution in [2.24, 2.45) is 11.3 Å². The van der Waals surface area contributed by atoms with Gasteiger partial charge in [-0.15, -0.1) is 0 Å². The zero-order chi connectivity index (χ0) is 20.4. The molecule has 0 heterocycles. The van der Waals surface area contributed by atoms with Gasteiger partial charge in [0, 0.05) is 26.7 Å². The summed E-state index contributed by atoms with van der Waals surface area (Å²) in [6.07, 6.45) is 6.52. The van der Waals surface area contributed by atoms with Gasteiger partial charge in [0.2, 0.25) is 0 Å². The highest BCUT2D eigenvalue weighted by atomic mass is 16.5. The minimum atomic E-state index is -0.554. The molecule has 0 aromatic carbocycles. The smallest absolute Gasteiger partial charge is 0.0895 e. The summed E-state index contributed by atoms with van der Waals surface area (Å²) in [4.78, 5) is 0. The quantitative estimate of drug-likeness (QED) is 0.576. The van der Waals surface area contributed by atoms with Gasteiger partial charge in [-0.2, -0.15) is 0 Å². The molecule has 4 nitrogen and oxygen atoms in total. The molecule has 2 atom stereocenters. The lowest BCUT2D eigenvalue weighted by atomic mass is 9.75. The summed E-state index contributed by atoms with van der Waals surface area (Å²) >= 11 is 0. The van der Waals surface area contributed by atoms with E-state index in [1.165, 1.54) is 11.1 Å². The first-order valence-electron chi connectivity index (χ1n) is 9.74. The maximum absolute atomic E-state index is 9.55. The van der Waals surface area contributed by atoms with Crippen molar-refractivity contribution >= 4 is 0 Å². The molecule has 1 aliphatic rings. The Balaban J connectivity index is 0. The summed E-state index contributed by atoms with van der Waals surface area (Å²) in [5, 5.41) is 9.55.